The zero-order valence-electron chi connectivity index (χ0n) is 16.2. The lowest BCUT2D eigenvalue weighted by molar-refractivity contribution is -0.115. The van der Waals surface area contributed by atoms with E-state index in [9.17, 15) is 14.4 Å². The van der Waals surface area contributed by atoms with Gasteiger partial charge in [0.05, 0.1) is 16.5 Å². The molecule has 0 bridgehead atoms. The van der Waals surface area contributed by atoms with E-state index < -0.39 is 11.1 Å². The molecule has 1 saturated heterocycles. The molecule has 32 heavy (non-hydrogen) atoms. The number of amides is 3. The highest BCUT2D eigenvalue weighted by molar-refractivity contribution is 8.18. The Labute approximate surface area is 195 Å². The Hall–Kier alpha value is -3.46. The zero-order chi connectivity index (χ0) is 22.5. The summed E-state index contributed by atoms with van der Waals surface area (Å²) in [5.41, 5.74) is 2.73. The number of nitrogens with one attached hydrogen (secondary N) is 2. The third-order valence-electron chi connectivity index (χ3n) is 4.16. The fourth-order valence-electron chi connectivity index (χ4n) is 2.67. The van der Waals surface area contributed by atoms with Crippen molar-refractivity contribution in [1.82, 2.24) is 15.5 Å². The molecule has 1 aliphatic rings. The molecule has 3 aromatic rings. The van der Waals surface area contributed by atoms with E-state index in [2.05, 4.69) is 26.9 Å². The second-order valence-electron chi connectivity index (χ2n) is 6.40. The molecule has 0 atom stereocenters. The first-order valence-electron chi connectivity index (χ1n) is 9.12. The highest BCUT2D eigenvalue weighted by atomic mass is 32.2. The van der Waals surface area contributed by atoms with Gasteiger partial charge in [0.2, 0.25) is 5.13 Å². The molecular formula is C21H13N5O3S3. The molecule has 1 aromatic heterocycles. The molecule has 2 aromatic carbocycles. The van der Waals surface area contributed by atoms with Crippen LogP contribution in [0.3, 0.4) is 0 Å². The lowest BCUT2D eigenvalue weighted by Crippen LogP contribution is -2.17. The fourth-order valence-corrected chi connectivity index (χ4v) is 5.04. The van der Waals surface area contributed by atoms with E-state index in [0.717, 1.165) is 17.3 Å². The number of carbonyl (C=O) groups excluding carboxylic acids is 3. The Kier molecular flexibility index (Phi) is 6.65. The average Bonchev–Trinajstić information content (AvgIpc) is 3.37. The maximum atomic E-state index is 12.5. The van der Waals surface area contributed by atoms with Crippen LogP contribution in [-0.2, 0) is 10.5 Å². The van der Waals surface area contributed by atoms with Gasteiger partial charge in [-0.25, -0.2) is 0 Å². The summed E-state index contributed by atoms with van der Waals surface area (Å²) in [6, 6.07) is 16.1. The number of imide groups is 1. The van der Waals surface area contributed by atoms with Crippen molar-refractivity contribution in [1.29, 1.82) is 5.26 Å². The van der Waals surface area contributed by atoms with Crippen molar-refractivity contribution in [2.75, 3.05) is 5.32 Å². The molecular weight excluding hydrogens is 466 g/mol. The predicted molar refractivity (Wildman–Crippen MR) is 124 cm³/mol. The number of carbonyl (C=O) groups is 3. The first-order valence-corrected chi connectivity index (χ1v) is 11.7. The van der Waals surface area contributed by atoms with Crippen molar-refractivity contribution >= 4 is 63.1 Å². The van der Waals surface area contributed by atoms with Crippen LogP contribution < -0.4 is 10.6 Å². The second-order valence-corrected chi connectivity index (χ2v) is 9.62. The Morgan fingerprint density at radius 3 is 2.72 bits per heavy atom. The van der Waals surface area contributed by atoms with Crippen LogP contribution in [0.4, 0.5) is 9.93 Å². The number of thioether (sulfide) groups is 2. The van der Waals surface area contributed by atoms with E-state index in [0.29, 0.717) is 36.8 Å². The van der Waals surface area contributed by atoms with Crippen LogP contribution >= 0.6 is 34.9 Å². The molecule has 1 fully saturated rings. The van der Waals surface area contributed by atoms with Crippen LogP contribution in [0.5, 0.6) is 0 Å². The first kappa shape index (κ1) is 21.8. The molecule has 158 valence electrons. The minimum absolute atomic E-state index is 0.311. The van der Waals surface area contributed by atoms with Crippen LogP contribution in [0.2, 0.25) is 0 Å². The van der Waals surface area contributed by atoms with Crippen molar-refractivity contribution in [3.05, 3.63) is 75.7 Å². The Morgan fingerprint density at radius 2 is 2.00 bits per heavy atom. The summed E-state index contributed by atoms with van der Waals surface area (Å²) >= 11 is 3.58. The standard InChI is InChI=1S/C21H13N5O3S3/c22-10-13-2-1-3-14(8-13)11-30-21-26-25-19(32-21)23-17(27)15-6-4-12(5-7-15)9-16-18(28)24-20(29)31-16/h1-9H,11H2,(H,23,25,27)(H,24,28,29)/b16-9+. The molecule has 0 saturated carbocycles. The molecule has 0 radical (unpaired) electrons. The van der Waals surface area contributed by atoms with E-state index in [-0.39, 0.29) is 5.91 Å². The molecule has 2 N–H and O–H groups in total. The third-order valence-corrected chi connectivity index (χ3v) is 7.01. The van der Waals surface area contributed by atoms with E-state index in [4.69, 9.17) is 5.26 Å². The smallest absolute Gasteiger partial charge is 0.290 e. The van der Waals surface area contributed by atoms with Gasteiger partial charge in [0.1, 0.15) is 0 Å². The number of benzene rings is 2. The zero-order valence-corrected chi connectivity index (χ0v) is 18.6. The minimum atomic E-state index is -0.426. The summed E-state index contributed by atoms with van der Waals surface area (Å²) in [7, 11) is 0. The van der Waals surface area contributed by atoms with Crippen molar-refractivity contribution in [2.24, 2.45) is 0 Å². The highest BCUT2D eigenvalue weighted by Crippen LogP contribution is 2.29. The molecule has 11 heteroatoms. The van der Waals surface area contributed by atoms with E-state index in [1.165, 1.54) is 23.1 Å². The Balaban J connectivity index is 1.34. The van der Waals surface area contributed by atoms with Gasteiger partial charge in [0, 0.05) is 11.3 Å². The Morgan fingerprint density at radius 1 is 1.19 bits per heavy atom. The highest BCUT2D eigenvalue weighted by Gasteiger charge is 2.24. The van der Waals surface area contributed by atoms with Crippen molar-refractivity contribution in [2.45, 2.75) is 10.1 Å². The van der Waals surface area contributed by atoms with Gasteiger partial charge in [0.15, 0.2) is 4.34 Å². The predicted octanol–water partition coefficient (Wildman–Crippen LogP) is 4.28. The molecule has 3 amide bonds. The van der Waals surface area contributed by atoms with Gasteiger partial charge in [-0.1, -0.05) is 47.4 Å². The molecule has 1 aliphatic heterocycles. The number of nitriles is 1. The molecule has 8 nitrogen and oxygen atoms in total. The number of aromatic nitrogens is 2. The van der Waals surface area contributed by atoms with Gasteiger partial charge in [-0.2, -0.15) is 5.26 Å². The quantitative estimate of drug-likeness (QED) is 0.305. The summed E-state index contributed by atoms with van der Waals surface area (Å²) in [6.45, 7) is 0. The van der Waals surface area contributed by atoms with Crippen LogP contribution in [0.15, 0.2) is 57.8 Å². The average molecular weight is 480 g/mol. The van der Waals surface area contributed by atoms with Gasteiger partial charge in [-0.3, -0.25) is 25.0 Å². The maximum Gasteiger partial charge on any atom is 0.290 e. The van der Waals surface area contributed by atoms with Gasteiger partial charge in [0.25, 0.3) is 17.1 Å². The van der Waals surface area contributed by atoms with Crippen LogP contribution in [-0.4, -0.2) is 27.3 Å². The van der Waals surface area contributed by atoms with Crippen molar-refractivity contribution < 1.29 is 14.4 Å². The van der Waals surface area contributed by atoms with Gasteiger partial charge in [-0.05, 0) is 53.2 Å². The van der Waals surface area contributed by atoms with E-state index in [1.807, 2.05) is 18.2 Å². The molecule has 4 rings (SSSR count). The molecule has 2 heterocycles. The first-order chi connectivity index (χ1) is 15.5. The van der Waals surface area contributed by atoms with Crippen LogP contribution in [0.25, 0.3) is 6.08 Å². The Bertz CT molecular complexity index is 1280. The molecule has 0 unspecified atom stereocenters. The van der Waals surface area contributed by atoms with Gasteiger partial charge >= 0.3 is 0 Å². The van der Waals surface area contributed by atoms with Gasteiger partial charge < -0.3 is 0 Å². The van der Waals surface area contributed by atoms with Crippen molar-refractivity contribution in [3.63, 3.8) is 0 Å². The lowest BCUT2D eigenvalue weighted by Gasteiger charge is -2.02. The van der Waals surface area contributed by atoms with Crippen molar-refractivity contribution in [3.8, 4) is 6.07 Å². The summed E-state index contributed by atoms with van der Waals surface area (Å²) < 4.78 is 0.700. The lowest BCUT2D eigenvalue weighted by atomic mass is 10.1. The fraction of sp³-hybridized carbons (Fsp3) is 0.0476. The maximum absolute atomic E-state index is 12.5. The number of nitrogens with zero attached hydrogens (tertiary/aromatic N) is 3. The van der Waals surface area contributed by atoms with Crippen LogP contribution in [0.1, 0.15) is 27.0 Å². The number of hydrogen-bond donors (Lipinski definition) is 2. The van der Waals surface area contributed by atoms with Crippen LogP contribution in [0, 0.1) is 11.3 Å². The number of anilines is 1. The summed E-state index contributed by atoms with van der Waals surface area (Å²) in [6.07, 6.45) is 1.59. The molecule has 0 spiro atoms. The summed E-state index contributed by atoms with van der Waals surface area (Å²) in [5.74, 6) is -0.122. The molecule has 0 aliphatic carbocycles. The van der Waals surface area contributed by atoms with E-state index >= 15 is 0 Å². The van der Waals surface area contributed by atoms with E-state index in [1.54, 1.807) is 36.4 Å². The minimum Gasteiger partial charge on any atom is -0.296 e. The monoisotopic (exact) mass is 479 g/mol. The number of rotatable bonds is 6. The topological polar surface area (TPSA) is 125 Å². The third kappa shape index (κ3) is 5.42. The summed E-state index contributed by atoms with van der Waals surface area (Å²) in [5, 5.41) is 22.0. The number of hydrogen-bond acceptors (Lipinski definition) is 9. The second kappa shape index (κ2) is 9.78. The SMILES string of the molecule is N#Cc1cccc(CSc2nnc(NC(=O)c3ccc(/C=C4/SC(=O)NC4=O)cc3)s2)c1. The normalized spacial score (nSPS) is 14.3. The van der Waals surface area contributed by atoms with Gasteiger partial charge in [-0.15, -0.1) is 10.2 Å². The largest absolute Gasteiger partial charge is 0.296 e. The summed E-state index contributed by atoms with van der Waals surface area (Å²) in [4.78, 5) is 35.6.